The summed E-state index contributed by atoms with van der Waals surface area (Å²) in [6.45, 7) is 3.79. The molecule has 2 aromatic heterocycles. The molecular weight excluding hydrogens is 534 g/mol. The monoisotopic (exact) mass is 555 g/mol. The molecule has 0 bridgehead atoms. The Bertz CT molecular complexity index is 1960. The number of sulfone groups is 1. The number of aromatic nitrogens is 4. The van der Waals surface area contributed by atoms with Gasteiger partial charge >= 0.3 is 0 Å². The fraction of sp³-hybridized carbons (Fsp3) is 0.0690. The van der Waals surface area contributed by atoms with Crippen molar-refractivity contribution in [3.63, 3.8) is 0 Å². The third-order valence-corrected chi connectivity index (χ3v) is 8.30. The van der Waals surface area contributed by atoms with Crippen molar-refractivity contribution in [2.75, 3.05) is 5.32 Å². The summed E-state index contributed by atoms with van der Waals surface area (Å²) in [4.78, 5) is 4.81. The van der Waals surface area contributed by atoms with E-state index in [9.17, 15) is 8.42 Å². The van der Waals surface area contributed by atoms with Crippen molar-refractivity contribution < 1.29 is 13.2 Å². The SMILES string of the molecule is Cc1ccc(S(=O)(=O)c2nnn3c2nc(Nc2ccc(Oc4ccccc4)cc2)c2cc(Cl)ccc23)cc1C. The maximum atomic E-state index is 13.6. The largest absolute Gasteiger partial charge is 0.457 e. The molecule has 194 valence electrons. The minimum atomic E-state index is -3.99. The van der Waals surface area contributed by atoms with E-state index in [1.54, 1.807) is 36.4 Å². The fourth-order valence-electron chi connectivity index (χ4n) is 4.20. The summed E-state index contributed by atoms with van der Waals surface area (Å²) in [6, 6.07) is 27.1. The van der Waals surface area contributed by atoms with Crippen LogP contribution in [0.4, 0.5) is 11.5 Å². The van der Waals surface area contributed by atoms with Crippen molar-refractivity contribution in [3.8, 4) is 11.5 Å². The number of halogens is 1. The number of rotatable bonds is 6. The summed E-state index contributed by atoms with van der Waals surface area (Å²) in [6.07, 6.45) is 0. The first kappa shape index (κ1) is 24.8. The highest BCUT2D eigenvalue weighted by Crippen LogP contribution is 2.32. The third-order valence-electron chi connectivity index (χ3n) is 6.42. The van der Waals surface area contributed by atoms with E-state index in [1.807, 2.05) is 68.4 Å². The number of nitrogens with one attached hydrogen (secondary N) is 1. The number of hydrogen-bond donors (Lipinski definition) is 1. The molecule has 0 aliphatic rings. The van der Waals surface area contributed by atoms with E-state index < -0.39 is 9.84 Å². The van der Waals surface area contributed by atoms with Gasteiger partial charge in [-0.05, 0) is 91.7 Å². The number of benzene rings is 4. The van der Waals surface area contributed by atoms with Crippen LogP contribution >= 0.6 is 11.6 Å². The Kier molecular flexibility index (Phi) is 6.17. The first-order valence-corrected chi connectivity index (χ1v) is 13.9. The van der Waals surface area contributed by atoms with Gasteiger partial charge < -0.3 is 10.1 Å². The van der Waals surface area contributed by atoms with Crippen molar-refractivity contribution in [1.29, 1.82) is 0 Å². The average molecular weight is 556 g/mol. The van der Waals surface area contributed by atoms with Crippen molar-refractivity contribution >= 4 is 49.5 Å². The predicted molar refractivity (Wildman–Crippen MR) is 151 cm³/mol. The van der Waals surface area contributed by atoms with Crippen LogP contribution < -0.4 is 10.1 Å². The lowest BCUT2D eigenvalue weighted by Gasteiger charge is -2.12. The number of para-hydroxylation sites is 1. The highest BCUT2D eigenvalue weighted by molar-refractivity contribution is 7.91. The molecule has 0 fully saturated rings. The molecule has 6 rings (SSSR count). The number of hydrogen-bond acceptors (Lipinski definition) is 7. The molecule has 0 aliphatic carbocycles. The number of nitrogens with zero attached hydrogens (tertiary/aromatic N) is 4. The van der Waals surface area contributed by atoms with Crippen LogP contribution in [-0.4, -0.2) is 28.2 Å². The van der Waals surface area contributed by atoms with Crippen molar-refractivity contribution in [2.45, 2.75) is 23.8 Å². The molecule has 6 aromatic rings. The first-order valence-electron chi connectivity index (χ1n) is 12.1. The maximum Gasteiger partial charge on any atom is 0.229 e. The number of anilines is 2. The van der Waals surface area contributed by atoms with Gasteiger partial charge in [-0.3, -0.25) is 0 Å². The number of ether oxygens (including phenoxy) is 1. The molecule has 10 heteroatoms. The predicted octanol–water partition coefficient (Wildman–Crippen LogP) is 6.92. The quantitative estimate of drug-likeness (QED) is 0.238. The van der Waals surface area contributed by atoms with E-state index in [4.69, 9.17) is 16.3 Å². The van der Waals surface area contributed by atoms with Gasteiger partial charge in [0.1, 0.15) is 17.3 Å². The Hall–Kier alpha value is -4.47. The molecule has 2 heterocycles. The zero-order valence-electron chi connectivity index (χ0n) is 21.0. The Morgan fingerprint density at radius 2 is 1.59 bits per heavy atom. The maximum absolute atomic E-state index is 13.6. The van der Waals surface area contributed by atoms with E-state index in [2.05, 4.69) is 20.6 Å². The van der Waals surface area contributed by atoms with E-state index in [1.165, 1.54) is 4.52 Å². The van der Waals surface area contributed by atoms with Crippen LogP contribution in [0.5, 0.6) is 11.5 Å². The molecule has 0 radical (unpaired) electrons. The summed E-state index contributed by atoms with van der Waals surface area (Å²) in [5.41, 5.74) is 3.29. The second-order valence-corrected chi connectivity index (χ2v) is 11.4. The lowest BCUT2D eigenvalue weighted by atomic mass is 10.1. The summed E-state index contributed by atoms with van der Waals surface area (Å²) >= 11 is 6.31. The zero-order valence-corrected chi connectivity index (χ0v) is 22.5. The highest BCUT2D eigenvalue weighted by atomic mass is 35.5. The van der Waals surface area contributed by atoms with Gasteiger partial charge in [-0.1, -0.05) is 41.1 Å². The van der Waals surface area contributed by atoms with Gasteiger partial charge in [0.15, 0.2) is 5.65 Å². The number of fused-ring (bicyclic) bond motifs is 3. The van der Waals surface area contributed by atoms with Crippen LogP contribution in [-0.2, 0) is 9.84 Å². The van der Waals surface area contributed by atoms with Crippen LogP contribution in [0.25, 0.3) is 16.6 Å². The molecule has 0 unspecified atom stereocenters. The first-order chi connectivity index (χ1) is 18.8. The van der Waals surface area contributed by atoms with Crippen molar-refractivity contribution in [2.24, 2.45) is 0 Å². The minimum Gasteiger partial charge on any atom is -0.457 e. The Labute approximate surface area is 229 Å². The standard InChI is InChI=1S/C29H22ClN5O3S/c1-18-8-14-24(16-19(18)2)39(36,37)29-28-32-27(25-17-20(30)9-15-26(25)35(28)34-33-29)31-21-10-12-23(13-11-21)38-22-6-4-3-5-7-22/h3-17H,1-2H3,(H,31,32). The van der Waals surface area contributed by atoms with Crippen molar-refractivity contribution in [1.82, 2.24) is 19.8 Å². The molecule has 0 atom stereocenters. The molecule has 0 saturated heterocycles. The summed E-state index contributed by atoms with van der Waals surface area (Å²) < 4.78 is 34.5. The zero-order chi connectivity index (χ0) is 27.1. The van der Waals surface area contributed by atoms with E-state index >= 15 is 0 Å². The van der Waals surface area contributed by atoms with Gasteiger partial charge in [-0.25, -0.2) is 13.4 Å². The van der Waals surface area contributed by atoms with Gasteiger partial charge in [0.25, 0.3) is 0 Å². The van der Waals surface area contributed by atoms with Crippen LogP contribution in [0.3, 0.4) is 0 Å². The topological polar surface area (TPSA) is 98.5 Å². The van der Waals surface area contributed by atoms with Crippen LogP contribution in [0.2, 0.25) is 5.02 Å². The summed E-state index contributed by atoms with van der Waals surface area (Å²) in [5, 5.41) is 12.4. The molecule has 39 heavy (non-hydrogen) atoms. The van der Waals surface area contributed by atoms with Gasteiger partial charge in [-0.2, -0.15) is 4.52 Å². The van der Waals surface area contributed by atoms with Gasteiger partial charge in [0.2, 0.25) is 14.9 Å². The molecule has 0 amide bonds. The van der Waals surface area contributed by atoms with Gasteiger partial charge in [0.05, 0.1) is 10.4 Å². The van der Waals surface area contributed by atoms with Crippen LogP contribution in [0.1, 0.15) is 11.1 Å². The molecule has 0 spiro atoms. The van der Waals surface area contributed by atoms with Crippen LogP contribution in [0, 0.1) is 13.8 Å². The Balaban J connectivity index is 1.43. The molecule has 8 nitrogen and oxygen atoms in total. The molecule has 0 aliphatic heterocycles. The second-order valence-electron chi connectivity index (χ2n) is 9.07. The summed E-state index contributed by atoms with van der Waals surface area (Å²) in [5.74, 6) is 1.82. The Morgan fingerprint density at radius 1 is 0.846 bits per heavy atom. The molecule has 4 aromatic carbocycles. The minimum absolute atomic E-state index is 0.106. The fourth-order valence-corrected chi connectivity index (χ4v) is 5.69. The lowest BCUT2D eigenvalue weighted by Crippen LogP contribution is -2.06. The molecular formula is C29H22ClN5O3S. The molecule has 0 saturated carbocycles. The van der Waals surface area contributed by atoms with Gasteiger partial charge in [-0.15, -0.1) is 5.10 Å². The van der Waals surface area contributed by atoms with E-state index in [-0.39, 0.29) is 15.6 Å². The normalized spacial score (nSPS) is 11.7. The summed E-state index contributed by atoms with van der Waals surface area (Å²) in [7, 11) is -3.99. The highest BCUT2D eigenvalue weighted by Gasteiger charge is 2.27. The third kappa shape index (κ3) is 4.67. The van der Waals surface area contributed by atoms with Gasteiger partial charge in [0, 0.05) is 16.1 Å². The molecule has 1 N–H and O–H groups in total. The lowest BCUT2D eigenvalue weighted by molar-refractivity contribution is 0.483. The second kappa shape index (κ2) is 9.68. The smallest absolute Gasteiger partial charge is 0.229 e. The van der Waals surface area contributed by atoms with E-state index in [0.717, 1.165) is 22.6 Å². The average Bonchev–Trinajstić information content (AvgIpc) is 3.37. The Morgan fingerprint density at radius 3 is 2.33 bits per heavy atom. The van der Waals surface area contributed by atoms with Crippen LogP contribution in [0.15, 0.2) is 101 Å². The number of aryl methyl sites for hydroxylation is 2. The van der Waals surface area contributed by atoms with Crippen molar-refractivity contribution in [3.05, 3.63) is 107 Å². The van der Waals surface area contributed by atoms with E-state index in [0.29, 0.717) is 27.5 Å².